The SMILES string of the molecule is NNC(Cc1ccsc1)c1ccc(Cl)cc1N. The second kappa shape index (κ2) is 5.51. The van der Waals surface area contributed by atoms with Gasteiger partial charge in [-0.25, -0.2) is 0 Å². The smallest absolute Gasteiger partial charge is 0.0520 e. The summed E-state index contributed by atoms with van der Waals surface area (Å²) in [5.74, 6) is 5.59. The molecule has 0 fully saturated rings. The Balaban J connectivity index is 2.23. The molecule has 1 atom stereocenters. The summed E-state index contributed by atoms with van der Waals surface area (Å²) in [6.45, 7) is 0. The van der Waals surface area contributed by atoms with Crippen LogP contribution >= 0.6 is 22.9 Å². The van der Waals surface area contributed by atoms with Crippen LogP contribution in [0.25, 0.3) is 0 Å². The molecule has 0 radical (unpaired) electrons. The van der Waals surface area contributed by atoms with E-state index in [0.29, 0.717) is 10.7 Å². The van der Waals surface area contributed by atoms with E-state index in [9.17, 15) is 0 Å². The molecule has 17 heavy (non-hydrogen) atoms. The molecule has 90 valence electrons. The fourth-order valence-electron chi connectivity index (χ4n) is 1.77. The fourth-order valence-corrected chi connectivity index (χ4v) is 2.63. The van der Waals surface area contributed by atoms with Crippen molar-refractivity contribution in [1.82, 2.24) is 5.43 Å². The number of hydrazine groups is 1. The van der Waals surface area contributed by atoms with Crippen LogP contribution in [0.5, 0.6) is 0 Å². The number of hydrogen-bond acceptors (Lipinski definition) is 4. The first-order chi connectivity index (χ1) is 8.20. The van der Waals surface area contributed by atoms with Crippen LogP contribution in [0.1, 0.15) is 17.2 Å². The third-order valence-corrected chi connectivity index (χ3v) is 3.61. The average molecular weight is 268 g/mol. The van der Waals surface area contributed by atoms with Crippen LogP contribution in [0.3, 0.4) is 0 Å². The van der Waals surface area contributed by atoms with Crippen LogP contribution in [0.4, 0.5) is 5.69 Å². The van der Waals surface area contributed by atoms with E-state index in [1.54, 1.807) is 17.4 Å². The molecular formula is C12H14ClN3S. The van der Waals surface area contributed by atoms with Gasteiger partial charge in [0, 0.05) is 10.7 Å². The molecule has 1 aromatic heterocycles. The van der Waals surface area contributed by atoms with Crippen LogP contribution in [0.15, 0.2) is 35.0 Å². The number of nitrogens with one attached hydrogen (secondary N) is 1. The molecule has 5 heteroatoms. The molecule has 2 rings (SSSR count). The molecule has 1 heterocycles. The van der Waals surface area contributed by atoms with E-state index in [2.05, 4.69) is 16.9 Å². The van der Waals surface area contributed by atoms with Gasteiger partial charge in [0.15, 0.2) is 0 Å². The zero-order valence-electron chi connectivity index (χ0n) is 9.19. The molecule has 5 N–H and O–H groups in total. The largest absolute Gasteiger partial charge is 0.398 e. The molecule has 3 nitrogen and oxygen atoms in total. The summed E-state index contributed by atoms with van der Waals surface area (Å²) in [7, 11) is 0. The van der Waals surface area contributed by atoms with Gasteiger partial charge in [0.1, 0.15) is 0 Å². The molecule has 0 aliphatic heterocycles. The summed E-state index contributed by atoms with van der Waals surface area (Å²) in [6.07, 6.45) is 0.811. The quantitative estimate of drug-likeness (QED) is 0.453. The number of rotatable bonds is 4. The predicted molar refractivity (Wildman–Crippen MR) is 74.0 cm³/mol. The second-order valence-corrected chi connectivity index (χ2v) is 5.04. The molecule has 2 aromatic rings. The summed E-state index contributed by atoms with van der Waals surface area (Å²) < 4.78 is 0. The maximum absolute atomic E-state index is 5.95. The molecule has 0 saturated heterocycles. The monoisotopic (exact) mass is 267 g/mol. The van der Waals surface area contributed by atoms with Gasteiger partial charge in [-0.3, -0.25) is 11.3 Å². The highest BCUT2D eigenvalue weighted by molar-refractivity contribution is 7.07. The van der Waals surface area contributed by atoms with Crippen LogP contribution in [0.2, 0.25) is 5.02 Å². The molecular weight excluding hydrogens is 254 g/mol. The standard InChI is InChI=1S/C12H14ClN3S/c13-9-1-2-10(11(14)6-9)12(16-15)5-8-3-4-17-7-8/h1-4,6-7,12,16H,5,14-15H2. The Morgan fingerprint density at radius 1 is 1.35 bits per heavy atom. The van der Waals surface area contributed by atoms with Crippen molar-refractivity contribution in [3.63, 3.8) is 0 Å². The van der Waals surface area contributed by atoms with Crippen molar-refractivity contribution in [1.29, 1.82) is 0 Å². The molecule has 0 saturated carbocycles. The van der Waals surface area contributed by atoms with Crippen molar-refractivity contribution in [2.45, 2.75) is 12.5 Å². The van der Waals surface area contributed by atoms with Crippen molar-refractivity contribution < 1.29 is 0 Å². The third-order valence-electron chi connectivity index (χ3n) is 2.65. The third kappa shape index (κ3) is 2.98. The topological polar surface area (TPSA) is 64.1 Å². The first kappa shape index (κ1) is 12.4. The average Bonchev–Trinajstić information content (AvgIpc) is 2.79. The van der Waals surface area contributed by atoms with E-state index < -0.39 is 0 Å². The van der Waals surface area contributed by atoms with Crippen molar-refractivity contribution in [3.05, 3.63) is 51.2 Å². The number of nitrogen functional groups attached to an aromatic ring is 1. The van der Waals surface area contributed by atoms with E-state index in [1.165, 1.54) is 5.56 Å². The lowest BCUT2D eigenvalue weighted by Gasteiger charge is -2.17. The molecule has 0 aliphatic rings. The minimum atomic E-state index is 0.00173. The number of thiophene rings is 1. The van der Waals surface area contributed by atoms with E-state index in [-0.39, 0.29) is 6.04 Å². The number of nitrogens with two attached hydrogens (primary N) is 2. The Hall–Kier alpha value is -1.07. The Morgan fingerprint density at radius 2 is 2.18 bits per heavy atom. The molecule has 0 spiro atoms. The van der Waals surface area contributed by atoms with Gasteiger partial charge < -0.3 is 5.73 Å². The Kier molecular flexibility index (Phi) is 4.02. The van der Waals surface area contributed by atoms with Crippen LogP contribution in [0, 0.1) is 0 Å². The highest BCUT2D eigenvalue weighted by atomic mass is 35.5. The number of hydrogen-bond donors (Lipinski definition) is 3. The number of benzene rings is 1. The summed E-state index contributed by atoms with van der Waals surface area (Å²) in [4.78, 5) is 0. The van der Waals surface area contributed by atoms with Gasteiger partial charge in [-0.15, -0.1) is 0 Å². The van der Waals surface area contributed by atoms with Gasteiger partial charge in [0.2, 0.25) is 0 Å². The summed E-state index contributed by atoms with van der Waals surface area (Å²) in [6, 6.07) is 7.57. The van der Waals surface area contributed by atoms with E-state index >= 15 is 0 Å². The fraction of sp³-hybridized carbons (Fsp3) is 0.167. The Labute approximate surface area is 109 Å². The first-order valence-corrected chi connectivity index (χ1v) is 6.55. The molecule has 0 amide bonds. The predicted octanol–water partition coefficient (Wildman–Crippen LogP) is 2.73. The van der Waals surface area contributed by atoms with Gasteiger partial charge >= 0.3 is 0 Å². The lowest BCUT2D eigenvalue weighted by molar-refractivity contribution is 0.554. The zero-order valence-corrected chi connectivity index (χ0v) is 10.8. The van der Waals surface area contributed by atoms with E-state index in [1.807, 2.05) is 17.5 Å². The van der Waals surface area contributed by atoms with Crippen molar-refractivity contribution in [2.75, 3.05) is 5.73 Å². The molecule has 0 bridgehead atoms. The second-order valence-electron chi connectivity index (χ2n) is 3.83. The molecule has 0 aliphatic carbocycles. The van der Waals surface area contributed by atoms with Gasteiger partial charge in [-0.1, -0.05) is 17.7 Å². The van der Waals surface area contributed by atoms with E-state index in [0.717, 1.165) is 12.0 Å². The van der Waals surface area contributed by atoms with Crippen molar-refractivity contribution in [2.24, 2.45) is 5.84 Å². The number of halogens is 1. The summed E-state index contributed by atoms with van der Waals surface area (Å²) in [5.41, 5.74) is 11.6. The van der Waals surface area contributed by atoms with Crippen molar-refractivity contribution in [3.8, 4) is 0 Å². The normalized spacial score (nSPS) is 12.6. The first-order valence-electron chi connectivity index (χ1n) is 5.23. The van der Waals surface area contributed by atoms with Crippen LogP contribution in [-0.2, 0) is 6.42 Å². The zero-order chi connectivity index (χ0) is 12.3. The molecule has 1 aromatic carbocycles. The van der Waals surface area contributed by atoms with Gasteiger partial charge in [0.25, 0.3) is 0 Å². The van der Waals surface area contributed by atoms with Crippen LogP contribution < -0.4 is 17.0 Å². The lowest BCUT2D eigenvalue weighted by atomic mass is 9.99. The maximum atomic E-state index is 5.95. The summed E-state index contributed by atoms with van der Waals surface area (Å²) >= 11 is 7.55. The summed E-state index contributed by atoms with van der Waals surface area (Å²) in [5, 5.41) is 4.79. The Morgan fingerprint density at radius 3 is 2.76 bits per heavy atom. The maximum Gasteiger partial charge on any atom is 0.0520 e. The van der Waals surface area contributed by atoms with Gasteiger partial charge in [-0.05, 0) is 46.5 Å². The van der Waals surface area contributed by atoms with Gasteiger partial charge in [-0.2, -0.15) is 11.3 Å². The van der Waals surface area contributed by atoms with Crippen molar-refractivity contribution >= 4 is 28.6 Å². The van der Waals surface area contributed by atoms with Crippen LogP contribution in [-0.4, -0.2) is 0 Å². The lowest BCUT2D eigenvalue weighted by Crippen LogP contribution is -2.30. The van der Waals surface area contributed by atoms with Gasteiger partial charge in [0.05, 0.1) is 6.04 Å². The number of anilines is 1. The Bertz CT molecular complexity index is 485. The minimum Gasteiger partial charge on any atom is -0.398 e. The minimum absolute atomic E-state index is 0.00173. The highest BCUT2D eigenvalue weighted by Gasteiger charge is 2.13. The highest BCUT2D eigenvalue weighted by Crippen LogP contribution is 2.26. The van der Waals surface area contributed by atoms with E-state index in [4.69, 9.17) is 23.2 Å². The molecule has 1 unspecified atom stereocenters.